The molecular weight excluding hydrogens is 344 g/mol. The summed E-state index contributed by atoms with van der Waals surface area (Å²) in [6, 6.07) is 12.5. The van der Waals surface area contributed by atoms with Crippen LogP contribution in [-0.4, -0.2) is 30.1 Å². The maximum Gasteiger partial charge on any atom is 0.337 e. The van der Waals surface area contributed by atoms with Crippen LogP contribution in [0.1, 0.15) is 43.0 Å². The lowest BCUT2D eigenvalue weighted by molar-refractivity contribution is -0.115. The Labute approximate surface area is 158 Å². The van der Waals surface area contributed by atoms with Gasteiger partial charge in [-0.15, -0.1) is 0 Å². The number of hydrogen-bond acceptors (Lipinski definition) is 4. The Morgan fingerprint density at radius 3 is 2.56 bits per heavy atom. The standard InChI is InChI=1S/C21H24N2O4/c1-2-20(24)22-17-11-10-15(14-16(17)21(25)26)27-19-9-5-4-8-18(19)23-12-6-3-7-13-23/h4-5,8-11,14H,2-3,6-7,12-13H2,1H3,(H,22,24)(H,25,26). The molecule has 2 N–H and O–H groups in total. The smallest absolute Gasteiger partial charge is 0.337 e. The van der Waals surface area contributed by atoms with Gasteiger partial charge in [0.2, 0.25) is 5.91 Å². The van der Waals surface area contributed by atoms with Crippen LogP contribution in [0.15, 0.2) is 42.5 Å². The second-order valence-corrected chi connectivity index (χ2v) is 6.53. The minimum absolute atomic E-state index is 0.00440. The molecular formula is C21H24N2O4. The Kier molecular flexibility index (Phi) is 5.96. The second kappa shape index (κ2) is 8.58. The molecule has 1 saturated heterocycles. The van der Waals surface area contributed by atoms with Crippen LogP contribution in [0.5, 0.6) is 11.5 Å². The lowest BCUT2D eigenvalue weighted by atomic mass is 10.1. The highest BCUT2D eigenvalue weighted by Crippen LogP contribution is 2.35. The van der Waals surface area contributed by atoms with Crippen molar-refractivity contribution in [2.45, 2.75) is 32.6 Å². The number of nitrogens with zero attached hydrogens (tertiary/aromatic N) is 1. The summed E-state index contributed by atoms with van der Waals surface area (Å²) < 4.78 is 6.02. The molecule has 27 heavy (non-hydrogen) atoms. The van der Waals surface area contributed by atoms with Crippen molar-refractivity contribution in [2.75, 3.05) is 23.3 Å². The number of carbonyl (C=O) groups excluding carboxylic acids is 1. The molecule has 0 bridgehead atoms. The van der Waals surface area contributed by atoms with Crippen molar-refractivity contribution in [1.29, 1.82) is 0 Å². The van der Waals surface area contributed by atoms with Gasteiger partial charge in [-0.1, -0.05) is 19.1 Å². The van der Waals surface area contributed by atoms with E-state index in [2.05, 4.69) is 10.2 Å². The van der Waals surface area contributed by atoms with Crippen LogP contribution >= 0.6 is 0 Å². The third-order valence-electron chi connectivity index (χ3n) is 4.61. The molecule has 6 heteroatoms. The molecule has 2 aromatic rings. The number of nitrogens with one attached hydrogen (secondary N) is 1. The lowest BCUT2D eigenvalue weighted by Crippen LogP contribution is -2.29. The van der Waals surface area contributed by atoms with Crippen LogP contribution in [0.3, 0.4) is 0 Å². The van der Waals surface area contributed by atoms with E-state index < -0.39 is 5.97 Å². The molecule has 0 radical (unpaired) electrons. The Bertz CT molecular complexity index is 829. The highest BCUT2D eigenvalue weighted by Gasteiger charge is 2.17. The summed E-state index contributed by atoms with van der Waals surface area (Å²) in [7, 11) is 0. The van der Waals surface area contributed by atoms with Gasteiger partial charge in [-0.3, -0.25) is 4.79 Å². The van der Waals surface area contributed by atoms with Crippen LogP contribution in [0.4, 0.5) is 11.4 Å². The van der Waals surface area contributed by atoms with Crippen LogP contribution in [0.2, 0.25) is 0 Å². The normalized spacial score (nSPS) is 13.9. The fourth-order valence-electron chi connectivity index (χ4n) is 3.18. The number of hydrogen-bond donors (Lipinski definition) is 2. The lowest BCUT2D eigenvalue weighted by Gasteiger charge is -2.30. The van der Waals surface area contributed by atoms with E-state index >= 15 is 0 Å². The van der Waals surface area contributed by atoms with Gasteiger partial charge in [0.1, 0.15) is 5.75 Å². The first-order chi connectivity index (χ1) is 13.1. The van der Waals surface area contributed by atoms with Crippen molar-refractivity contribution < 1.29 is 19.4 Å². The Hall–Kier alpha value is -3.02. The number of anilines is 2. The van der Waals surface area contributed by atoms with E-state index in [1.54, 1.807) is 19.1 Å². The molecule has 0 atom stereocenters. The molecule has 1 aliphatic rings. The molecule has 142 valence electrons. The number of carboxylic acids is 1. The summed E-state index contributed by atoms with van der Waals surface area (Å²) in [6.45, 7) is 3.69. The van der Waals surface area contributed by atoms with E-state index in [0.29, 0.717) is 11.5 Å². The van der Waals surface area contributed by atoms with Gasteiger partial charge in [-0.2, -0.15) is 0 Å². The molecule has 0 spiro atoms. The first-order valence-corrected chi connectivity index (χ1v) is 9.27. The number of aromatic carboxylic acids is 1. The third kappa shape index (κ3) is 4.58. The minimum Gasteiger partial charge on any atom is -0.478 e. The summed E-state index contributed by atoms with van der Waals surface area (Å²) in [4.78, 5) is 25.5. The van der Waals surface area contributed by atoms with Gasteiger partial charge in [0.25, 0.3) is 0 Å². The van der Waals surface area contributed by atoms with Gasteiger partial charge >= 0.3 is 5.97 Å². The summed E-state index contributed by atoms with van der Waals surface area (Å²) >= 11 is 0. The number of carboxylic acid groups (broad SMARTS) is 1. The van der Waals surface area contributed by atoms with Gasteiger partial charge < -0.3 is 20.1 Å². The fourth-order valence-corrected chi connectivity index (χ4v) is 3.18. The van der Waals surface area contributed by atoms with Gasteiger partial charge in [-0.05, 0) is 49.6 Å². The van der Waals surface area contributed by atoms with E-state index in [0.717, 1.165) is 31.6 Å². The van der Waals surface area contributed by atoms with Crippen molar-refractivity contribution >= 4 is 23.3 Å². The minimum atomic E-state index is -1.11. The number of para-hydroxylation sites is 2. The number of carbonyl (C=O) groups is 2. The number of ether oxygens (including phenoxy) is 1. The van der Waals surface area contributed by atoms with Crippen LogP contribution < -0.4 is 15.0 Å². The predicted octanol–water partition coefficient (Wildman–Crippen LogP) is 4.52. The highest BCUT2D eigenvalue weighted by atomic mass is 16.5. The molecule has 2 aromatic carbocycles. The zero-order valence-electron chi connectivity index (χ0n) is 15.4. The van der Waals surface area contributed by atoms with E-state index in [9.17, 15) is 14.7 Å². The predicted molar refractivity (Wildman–Crippen MR) is 105 cm³/mol. The van der Waals surface area contributed by atoms with E-state index in [1.165, 1.54) is 12.5 Å². The molecule has 0 aromatic heterocycles. The molecule has 1 amide bonds. The largest absolute Gasteiger partial charge is 0.478 e. The van der Waals surface area contributed by atoms with Crippen molar-refractivity contribution in [1.82, 2.24) is 0 Å². The van der Waals surface area contributed by atoms with E-state index in [4.69, 9.17) is 4.74 Å². The molecule has 1 heterocycles. The number of amides is 1. The fraction of sp³-hybridized carbons (Fsp3) is 0.333. The van der Waals surface area contributed by atoms with Gasteiger partial charge in [0.05, 0.1) is 16.9 Å². The zero-order valence-corrected chi connectivity index (χ0v) is 15.4. The monoisotopic (exact) mass is 368 g/mol. The molecule has 6 nitrogen and oxygen atoms in total. The Morgan fingerprint density at radius 1 is 1.11 bits per heavy atom. The number of rotatable bonds is 6. The SMILES string of the molecule is CCC(=O)Nc1ccc(Oc2ccccc2N2CCCCC2)cc1C(=O)O. The topological polar surface area (TPSA) is 78.9 Å². The van der Waals surface area contributed by atoms with Crippen molar-refractivity contribution in [2.24, 2.45) is 0 Å². The molecule has 0 unspecified atom stereocenters. The first-order valence-electron chi connectivity index (χ1n) is 9.27. The van der Waals surface area contributed by atoms with Crippen LogP contribution in [0.25, 0.3) is 0 Å². The summed E-state index contributed by atoms with van der Waals surface area (Å²) in [5, 5.41) is 12.1. The van der Waals surface area contributed by atoms with Crippen molar-refractivity contribution in [3.05, 3.63) is 48.0 Å². The third-order valence-corrected chi connectivity index (χ3v) is 4.61. The second-order valence-electron chi connectivity index (χ2n) is 6.53. The van der Waals surface area contributed by atoms with Gasteiger partial charge in [0.15, 0.2) is 5.75 Å². The Balaban J connectivity index is 1.87. The maximum atomic E-state index is 11.6. The molecule has 0 aliphatic carbocycles. The highest BCUT2D eigenvalue weighted by molar-refractivity contribution is 6.00. The van der Waals surface area contributed by atoms with Crippen LogP contribution in [0, 0.1) is 0 Å². The summed E-state index contributed by atoms with van der Waals surface area (Å²) in [6.07, 6.45) is 3.83. The van der Waals surface area contributed by atoms with Crippen molar-refractivity contribution in [3.8, 4) is 11.5 Å². The first kappa shape index (κ1) is 18.8. The van der Waals surface area contributed by atoms with Gasteiger partial charge in [-0.25, -0.2) is 4.79 Å². The van der Waals surface area contributed by atoms with E-state index in [1.807, 2.05) is 24.3 Å². The number of benzene rings is 2. The van der Waals surface area contributed by atoms with E-state index in [-0.39, 0.29) is 23.6 Å². The molecule has 3 rings (SSSR count). The maximum absolute atomic E-state index is 11.6. The average Bonchev–Trinajstić information content (AvgIpc) is 2.70. The van der Waals surface area contributed by atoms with Gasteiger partial charge in [0, 0.05) is 19.5 Å². The number of piperidine rings is 1. The average molecular weight is 368 g/mol. The Morgan fingerprint density at radius 2 is 1.85 bits per heavy atom. The summed E-state index contributed by atoms with van der Waals surface area (Å²) in [5.74, 6) is -0.231. The quantitative estimate of drug-likeness (QED) is 0.784. The molecule has 1 aliphatic heterocycles. The molecule has 1 fully saturated rings. The summed E-state index contributed by atoms with van der Waals surface area (Å²) in [5.41, 5.74) is 1.29. The van der Waals surface area contributed by atoms with Crippen LogP contribution in [-0.2, 0) is 4.79 Å². The van der Waals surface area contributed by atoms with Crippen molar-refractivity contribution in [3.63, 3.8) is 0 Å². The zero-order chi connectivity index (χ0) is 19.2. The molecule has 0 saturated carbocycles.